The van der Waals surface area contributed by atoms with Crippen LogP contribution in [-0.4, -0.2) is 56.3 Å². The molecule has 1 N–H and O–H groups in total. The lowest BCUT2D eigenvalue weighted by molar-refractivity contribution is -0.147. The van der Waals surface area contributed by atoms with Gasteiger partial charge >= 0.3 is 0 Å². The fraction of sp³-hybridized carbons (Fsp3) is 0.588. The van der Waals surface area contributed by atoms with Crippen LogP contribution in [-0.2, 0) is 16.0 Å². The Hall–Kier alpha value is -1.30. The maximum absolute atomic E-state index is 12.6. The van der Waals surface area contributed by atoms with Crippen molar-refractivity contribution in [1.29, 1.82) is 0 Å². The van der Waals surface area contributed by atoms with Crippen LogP contribution in [0.5, 0.6) is 5.75 Å². The molecule has 0 aromatic heterocycles. The molecule has 1 heterocycles. The topological polar surface area (TPSA) is 50.8 Å². The van der Waals surface area contributed by atoms with E-state index in [0.717, 1.165) is 18.7 Å². The van der Waals surface area contributed by atoms with Crippen molar-refractivity contribution in [3.8, 4) is 5.75 Å². The molecular weight excluding hydrogens is 316 g/mol. The fourth-order valence-corrected chi connectivity index (χ4v) is 2.81. The van der Waals surface area contributed by atoms with Crippen LogP contribution in [0.25, 0.3) is 0 Å². The zero-order chi connectivity index (χ0) is 15.9. The number of nitrogens with one attached hydrogen (secondary N) is 1. The van der Waals surface area contributed by atoms with Gasteiger partial charge in [0.1, 0.15) is 11.9 Å². The zero-order valence-electron chi connectivity index (χ0n) is 14.1. The third-order valence-electron chi connectivity index (χ3n) is 4.05. The molecule has 1 aromatic rings. The van der Waals surface area contributed by atoms with Gasteiger partial charge in [0.05, 0.1) is 13.7 Å². The standard InChI is InChI=1S/C17H26N2O3.ClH/c1-4-19(17(20)16-12-18-9-10-22-16)13(2)11-14-5-7-15(21-3)8-6-14;/h5-8,13,16,18H,4,9-12H2,1-3H3;1H. The molecule has 130 valence electrons. The maximum Gasteiger partial charge on any atom is 0.253 e. The Morgan fingerprint density at radius 2 is 2.13 bits per heavy atom. The van der Waals surface area contributed by atoms with E-state index in [1.807, 2.05) is 36.1 Å². The van der Waals surface area contributed by atoms with E-state index in [1.165, 1.54) is 5.56 Å². The molecule has 2 atom stereocenters. The van der Waals surface area contributed by atoms with Crippen molar-refractivity contribution in [1.82, 2.24) is 10.2 Å². The summed E-state index contributed by atoms with van der Waals surface area (Å²) in [5, 5.41) is 3.21. The molecule has 1 aromatic carbocycles. The normalized spacial score (nSPS) is 18.7. The van der Waals surface area contributed by atoms with E-state index < -0.39 is 0 Å². The van der Waals surface area contributed by atoms with Gasteiger partial charge in [-0.2, -0.15) is 0 Å². The second-order valence-electron chi connectivity index (χ2n) is 5.59. The number of amides is 1. The van der Waals surface area contributed by atoms with Gasteiger partial charge in [-0.3, -0.25) is 4.79 Å². The molecule has 6 heteroatoms. The zero-order valence-corrected chi connectivity index (χ0v) is 14.9. The Morgan fingerprint density at radius 1 is 1.43 bits per heavy atom. The summed E-state index contributed by atoms with van der Waals surface area (Å²) in [6, 6.07) is 8.14. The van der Waals surface area contributed by atoms with E-state index in [2.05, 4.69) is 12.2 Å². The summed E-state index contributed by atoms with van der Waals surface area (Å²) in [6.45, 7) is 6.80. The van der Waals surface area contributed by atoms with E-state index in [-0.39, 0.29) is 30.5 Å². The van der Waals surface area contributed by atoms with Crippen molar-refractivity contribution in [3.63, 3.8) is 0 Å². The first-order valence-electron chi connectivity index (χ1n) is 7.91. The van der Waals surface area contributed by atoms with Gasteiger partial charge in [-0.05, 0) is 38.0 Å². The number of nitrogens with zero attached hydrogens (tertiary/aromatic N) is 1. The monoisotopic (exact) mass is 342 g/mol. The Morgan fingerprint density at radius 3 is 2.65 bits per heavy atom. The maximum atomic E-state index is 12.6. The van der Waals surface area contributed by atoms with E-state index >= 15 is 0 Å². The summed E-state index contributed by atoms with van der Waals surface area (Å²) in [7, 11) is 1.66. The Kier molecular flexibility index (Phi) is 8.37. The summed E-state index contributed by atoms with van der Waals surface area (Å²) in [5.41, 5.74) is 1.20. The highest BCUT2D eigenvalue weighted by Gasteiger charge is 2.28. The Balaban J connectivity index is 0.00000264. The quantitative estimate of drug-likeness (QED) is 0.857. The van der Waals surface area contributed by atoms with E-state index in [1.54, 1.807) is 7.11 Å². The van der Waals surface area contributed by atoms with Crippen LogP contribution in [0, 0.1) is 0 Å². The van der Waals surface area contributed by atoms with Crippen molar-refractivity contribution >= 4 is 18.3 Å². The Labute approximate surface area is 144 Å². The minimum absolute atomic E-state index is 0. The molecule has 0 saturated carbocycles. The summed E-state index contributed by atoms with van der Waals surface area (Å²) in [4.78, 5) is 14.5. The third-order valence-corrected chi connectivity index (χ3v) is 4.05. The number of benzene rings is 1. The predicted octanol–water partition coefficient (Wildman–Crippen LogP) is 1.88. The second-order valence-corrected chi connectivity index (χ2v) is 5.59. The summed E-state index contributed by atoms with van der Waals surface area (Å²) >= 11 is 0. The van der Waals surface area contributed by atoms with Crippen LogP contribution >= 0.6 is 12.4 Å². The molecule has 0 spiro atoms. The van der Waals surface area contributed by atoms with E-state index in [4.69, 9.17) is 9.47 Å². The summed E-state index contributed by atoms with van der Waals surface area (Å²) < 4.78 is 10.8. The highest BCUT2D eigenvalue weighted by atomic mass is 35.5. The molecule has 5 nitrogen and oxygen atoms in total. The molecule has 2 unspecified atom stereocenters. The summed E-state index contributed by atoms with van der Waals surface area (Å²) in [6.07, 6.45) is 0.469. The van der Waals surface area contributed by atoms with Crippen LogP contribution in [0.2, 0.25) is 0 Å². The van der Waals surface area contributed by atoms with Crippen molar-refractivity contribution in [2.45, 2.75) is 32.4 Å². The average Bonchev–Trinajstić information content (AvgIpc) is 2.57. The number of ether oxygens (including phenoxy) is 2. The van der Waals surface area contributed by atoms with Crippen molar-refractivity contribution in [3.05, 3.63) is 29.8 Å². The van der Waals surface area contributed by atoms with Gasteiger partial charge in [0, 0.05) is 25.7 Å². The van der Waals surface area contributed by atoms with Gasteiger partial charge in [-0.25, -0.2) is 0 Å². The lowest BCUT2D eigenvalue weighted by Gasteiger charge is -2.33. The molecule has 1 aliphatic heterocycles. The van der Waals surface area contributed by atoms with E-state index in [9.17, 15) is 4.79 Å². The molecule has 0 radical (unpaired) electrons. The smallest absolute Gasteiger partial charge is 0.253 e. The number of carbonyl (C=O) groups is 1. The SMILES string of the molecule is CCN(C(=O)C1CNCCO1)C(C)Cc1ccc(OC)cc1.Cl. The van der Waals surface area contributed by atoms with Crippen LogP contribution in [0.1, 0.15) is 19.4 Å². The van der Waals surface area contributed by atoms with Crippen LogP contribution in [0.15, 0.2) is 24.3 Å². The van der Waals surface area contributed by atoms with Gasteiger partial charge < -0.3 is 19.7 Å². The minimum atomic E-state index is -0.355. The highest BCUT2D eigenvalue weighted by Crippen LogP contribution is 2.15. The largest absolute Gasteiger partial charge is 0.497 e. The molecule has 0 bridgehead atoms. The molecule has 1 amide bonds. The number of hydrogen-bond acceptors (Lipinski definition) is 4. The van der Waals surface area contributed by atoms with Crippen molar-refractivity contribution in [2.75, 3.05) is 33.4 Å². The first kappa shape index (κ1) is 19.7. The van der Waals surface area contributed by atoms with E-state index in [0.29, 0.717) is 19.7 Å². The second kappa shape index (κ2) is 9.75. The summed E-state index contributed by atoms with van der Waals surface area (Å²) in [5.74, 6) is 0.928. The Bertz CT molecular complexity index is 475. The highest BCUT2D eigenvalue weighted by molar-refractivity contribution is 5.85. The number of morpholine rings is 1. The lowest BCUT2D eigenvalue weighted by Crippen LogP contribution is -2.52. The number of carbonyl (C=O) groups excluding carboxylic acids is 1. The van der Waals surface area contributed by atoms with Crippen molar-refractivity contribution < 1.29 is 14.3 Å². The number of hydrogen-bond donors (Lipinski definition) is 1. The molecular formula is C17H27ClN2O3. The van der Waals surface area contributed by atoms with Crippen LogP contribution in [0.4, 0.5) is 0 Å². The van der Waals surface area contributed by atoms with Gasteiger partial charge in [0.15, 0.2) is 0 Å². The van der Waals surface area contributed by atoms with Gasteiger partial charge in [0.25, 0.3) is 5.91 Å². The van der Waals surface area contributed by atoms with Crippen molar-refractivity contribution in [2.24, 2.45) is 0 Å². The molecule has 1 fully saturated rings. The number of likely N-dealkylation sites (N-methyl/N-ethyl adjacent to an activating group) is 1. The number of halogens is 1. The van der Waals surface area contributed by atoms with Gasteiger partial charge in [0.2, 0.25) is 0 Å². The molecule has 1 saturated heterocycles. The van der Waals surface area contributed by atoms with Crippen LogP contribution in [0.3, 0.4) is 0 Å². The van der Waals surface area contributed by atoms with Crippen LogP contribution < -0.4 is 10.1 Å². The van der Waals surface area contributed by atoms with Gasteiger partial charge in [-0.1, -0.05) is 12.1 Å². The first-order valence-corrected chi connectivity index (χ1v) is 7.91. The third kappa shape index (κ3) is 5.37. The average molecular weight is 343 g/mol. The molecule has 23 heavy (non-hydrogen) atoms. The molecule has 1 aliphatic rings. The predicted molar refractivity (Wildman–Crippen MR) is 93.4 cm³/mol. The number of rotatable bonds is 6. The fourth-order valence-electron chi connectivity index (χ4n) is 2.81. The van der Waals surface area contributed by atoms with Gasteiger partial charge in [-0.15, -0.1) is 12.4 Å². The molecule has 2 rings (SSSR count). The first-order chi connectivity index (χ1) is 10.7. The lowest BCUT2D eigenvalue weighted by atomic mass is 10.0. The molecule has 0 aliphatic carbocycles. The minimum Gasteiger partial charge on any atom is -0.497 e. The number of methoxy groups -OCH3 is 1.